The highest BCUT2D eigenvalue weighted by Gasteiger charge is 2.34. The van der Waals surface area contributed by atoms with Gasteiger partial charge in [0.05, 0.1) is 52.4 Å². The number of nitrogens with zero attached hydrogens (tertiary/aromatic N) is 3. The van der Waals surface area contributed by atoms with Crippen LogP contribution in [-0.4, -0.2) is 147 Å². The zero-order valence-corrected chi connectivity index (χ0v) is 41.2. The van der Waals surface area contributed by atoms with E-state index in [9.17, 15) is 28.8 Å². The van der Waals surface area contributed by atoms with Crippen molar-refractivity contribution >= 4 is 35.4 Å². The fourth-order valence-electron chi connectivity index (χ4n) is 6.40. The van der Waals surface area contributed by atoms with E-state index in [1.54, 1.807) is 10.9 Å². The molecule has 0 fully saturated rings. The number of carbonyl (C=O) groups excluding carboxylic acids is 6. The van der Waals surface area contributed by atoms with Gasteiger partial charge in [-0.3, -0.25) is 33.4 Å². The number of ether oxygens (including phenoxy) is 3. The molecule has 0 unspecified atom stereocenters. The molecule has 0 radical (unpaired) electrons. The van der Waals surface area contributed by atoms with Gasteiger partial charge >= 0.3 is 0 Å². The van der Waals surface area contributed by atoms with E-state index in [2.05, 4.69) is 52.7 Å². The lowest BCUT2D eigenvalue weighted by Gasteiger charge is -2.34. The van der Waals surface area contributed by atoms with Crippen LogP contribution in [-0.2, 0) is 61.1 Å². The molecule has 0 bridgehead atoms. The van der Waals surface area contributed by atoms with Crippen molar-refractivity contribution < 1.29 is 53.2 Å². The minimum atomic E-state index is -1.19. The predicted molar refractivity (Wildman–Crippen MR) is 255 cm³/mol. The molecule has 0 saturated carbocycles. The number of carbonyl (C=O) groups is 6. The number of unbranched alkanes of at least 4 members (excludes halogenated alkanes) is 7. The third-order valence-electron chi connectivity index (χ3n) is 10.3. The molecular weight excluding hydrogens is 885 g/mol. The van der Waals surface area contributed by atoms with E-state index in [1.165, 1.54) is 0 Å². The number of aromatic nitrogens is 3. The summed E-state index contributed by atoms with van der Waals surface area (Å²) in [6.07, 6.45) is 12.6. The van der Waals surface area contributed by atoms with Gasteiger partial charge in [0.2, 0.25) is 35.4 Å². The summed E-state index contributed by atoms with van der Waals surface area (Å²) in [5, 5.41) is 33.8. The maximum atomic E-state index is 13.5. The second kappa shape index (κ2) is 39.5. The fourth-order valence-corrected chi connectivity index (χ4v) is 6.40. The summed E-state index contributed by atoms with van der Waals surface area (Å²) in [6, 6.07) is 0. The Balaban J connectivity index is 2.56. The van der Waals surface area contributed by atoms with E-state index in [0.29, 0.717) is 103 Å². The summed E-state index contributed by atoms with van der Waals surface area (Å²) in [5.41, 5.74) is 12.3. The highest BCUT2D eigenvalue weighted by molar-refractivity contribution is 5.81. The highest BCUT2D eigenvalue weighted by Crippen LogP contribution is 2.15. The number of amides is 6. The summed E-state index contributed by atoms with van der Waals surface area (Å²) in [5.74, 6) is -0.891. The zero-order chi connectivity index (χ0) is 50.1. The van der Waals surface area contributed by atoms with Gasteiger partial charge in [0.1, 0.15) is 11.2 Å². The van der Waals surface area contributed by atoms with Crippen molar-refractivity contribution in [3.05, 3.63) is 11.9 Å². The van der Waals surface area contributed by atoms with Gasteiger partial charge in [-0.1, -0.05) is 64.5 Å². The van der Waals surface area contributed by atoms with Gasteiger partial charge in [0.15, 0.2) is 0 Å². The minimum Gasteiger partial charge on any atom is -0.378 e. The van der Waals surface area contributed by atoms with Crippen LogP contribution in [0.4, 0.5) is 0 Å². The van der Waals surface area contributed by atoms with Gasteiger partial charge in [-0.2, -0.15) is 5.48 Å². The van der Waals surface area contributed by atoms with Crippen LogP contribution in [0.5, 0.6) is 0 Å². The zero-order valence-electron chi connectivity index (χ0n) is 41.2. The molecule has 23 nitrogen and oxygen atoms in total. The monoisotopic (exact) mass is 971 g/mol. The normalized spacial score (nSPS) is 11.6. The standard InChI is InChI=1S/C45H86N12O11/c1-44(2,3)43(63)52-32-37-33-57(56-55-37)28-15-26-51-38(58)16-10-8-6-4-5-7-9-11-17-42(62)54-45(34-65-29-18-39(59)48-23-12-21-46,35-66-30-19-40(60)49-24-13-22-47)36-67-31-20-41(61)50-25-14-27-53-68-64/h33,53,64H,4-32,34-36,46-47H2,1-3H3,(H,48,59)(H,49,60)(H,50,61)(H,51,58)(H,52,63)(H,54,62). The fraction of sp³-hybridized carbons (Fsp3) is 0.822. The van der Waals surface area contributed by atoms with E-state index in [-0.39, 0.29) is 101 Å². The highest BCUT2D eigenvalue weighted by atomic mass is 17.2. The smallest absolute Gasteiger partial charge is 0.225 e. The molecule has 6 amide bonds. The van der Waals surface area contributed by atoms with Crippen LogP contribution in [0.2, 0.25) is 0 Å². The molecule has 1 rings (SSSR count). The molecule has 23 heteroatoms. The molecule has 0 aliphatic rings. The molecule has 0 saturated heterocycles. The summed E-state index contributed by atoms with van der Waals surface area (Å²) in [6.45, 7) is 9.54. The first-order valence-corrected chi connectivity index (χ1v) is 24.5. The number of hydrogen-bond donors (Lipinski definition) is 10. The summed E-state index contributed by atoms with van der Waals surface area (Å²) < 4.78 is 19.6. The van der Waals surface area contributed by atoms with Gasteiger partial charge < -0.3 is 57.6 Å². The molecule has 0 aliphatic heterocycles. The Bertz CT molecular complexity index is 1500. The molecule has 0 aliphatic carbocycles. The number of nitrogens with one attached hydrogen (secondary N) is 7. The third-order valence-corrected chi connectivity index (χ3v) is 10.3. The Labute approximate surface area is 403 Å². The van der Waals surface area contributed by atoms with Crippen molar-refractivity contribution in [3.8, 4) is 0 Å². The van der Waals surface area contributed by atoms with Gasteiger partial charge in [0.25, 0.3) is 0 Å². The molecule has 0 aromatic carbocycles. The van der Waals surface area contributed by atoms with Crippen molar-refractivity contribution in [2.75, 3.05) is 85.5 Å². The van der Waals surface area contributed by atoms with Gasteiger partial charge in [-0.15, -0.1) is 10.1 Å². The lowest BCUT2D eigenvalue weighted by molar-refractivity contribution is -0.291. The summed E-state index contributed by atoms with van der Waals surface area (Å²) in [4.78, 5) is 78.7. The van der Waals surface area contributed by atoms with Crippen LogP contribution in [0.25, 0.3) is 0 Å². The first-order valence-electron chi connectivity index (χ1n) is 24.5. The lowest BCUT2D eigenvalue weighted by Crippen LogP contribution is -2.58. The van der Waals surface area contributed by atoms with Crippen LogP contribution in [0, 0.1) is 5.41 Å². The summed E-state index contributed by atoms with van der Waals surface area (Å²) >= 11 is 0. The van der Waals surface area contributed by atoms with Gasteiger partial charge in [-0.25, -0.2) is 5.26 Å². The Morgan fingerprint density at radius 1 is 0.574 bits per heavy atom. The van der Waals surface area contributed by atoms with Crippen LogP contribution in [0.3, 0.4) is 0 Å². The van der Waals surface area contributed by atoms with Crippen LogP contribution in [0.15, 0.2) is 6.20 Å². The average Bonchev–Trinajstić information content (AvgIpc) is 3.76. The van der Waals surface area contributed by atoms with Crippen molar-refractivity contribution in [2.45, 2.75) is 149 Å². The quantitative estimate of drug-likeness (QED) is 0.0246. The Morgan fingerprint density at radius 3 is 1.49 bits per heavy atom. The maximum absolute atomic E-state index is 13.5. The second-order valence-electron chi connectivity index (χ2n) is 17.8. The molecule has 1 aromatic rings. The molecule has 1 heterocycles. The average molecular weight is 971 g/mol. The van der Waals surface area contributed by atoms with Gasteiger partial charge in [-0.05, 0) is 51.6 Å². The molecular formula is C45H86N12O11. The number of aryl methyl sites for hydroxylation is 1. The van der Waals surface area contributed by atoms with E-state index in [0.717, 1.165) is 44.9 Å². The number of rotatable bonds is 44. The van der Waals surface area contributed by atoms with Crippen molar-refractivity contribution in [1.29, 1.82) is 0 Å². The van der Waals surface area contributed by atoms with Crippen molar-refractivity contribution in [1.82, 2.24) is 52.4 Å². The van der Waals surface area contributed by atoms with E-state index in [4.69, 9.17) is 30.9 Å². The van der Waals surface area contributed by atoms with Crippen LogP contribution >= 0.6 is 0 Å². The SMILES string of the molecule is CC(C)(C)C(=O)NCc1cn(CCCNC(=O)CCCCCCCCCCC(=O)NC(COCCC(=O)NCCCN)(COCCC(=O)NCCCN)COCCC(=O)NCCCNOO)nn1. The lowest BCUT2D eigenvalue weighted by atomic mass is 9.96. The molecule has 392 valence electrons. The van der Waals surface area contributed by atoms with E-state index < -0.39 is 11.0 Å². The maximum Gasteiger partial charge on any atom is 0.225 e. The van der Waals surface area contributed by atoms with Crippen molar-refractivity contribution in [3.63, 3.8) is 0 Å². The predicted octanol–water partition coefficient (Wildman–Crippen LogP) is 0.853. The number of nitrogens with two attached hydrogens (primary N) is 2. The Morgan fingerprint density at radius 2 is 1.01 bits per heavy atom. The molecule has 68 heavy (non-hydrogen) atoms. The topological polar surface area (TPSA) is 327 Å². The minimum absolute atomic E-state index is 0.0308. The number of hydroxylamine groups is 1. The van der Waals surface area contributed by atoms with E-state index in [1.807, 2.05) is 20.8 Å². The van der Waals surface area contributed by atoms with Crippen LogP contribution < -0.4 is 48.8 Å². The first kappa shape index (κ1) is 61.7. The Hall–Kier alpha value is -4.36. The summed E-state index contributed by atoms with van der Waals surface area (Å²) in [7, 11) is 0. The largest absolute Gasteiger partial charge is 0.378 e. The van der Waals surface area contributed by atoms with E-state index >= 15 is 0 Å². The number of hydrogen-bond acceptors (Lipinski definition) is 16. The molecule has 1 aromatic heterocycles. The Kier molecular flexibility index (Phi) is 35.8. The molecule has 0 spiro atoms. The second-order valence-corrected chi connectivity index (χ2v) is 17.8. The van der Waals surface area contributed by atoms with Crippen molar-refractivity contribution in [2.24, 2.45) is 16.9 Å². The van der Waals surface area contributed by atoms with Crippen LogP contribution in [0.1, 0.15) is 136 Å². The van der Waals surface area contributed by atoms with Gasteiger partial charge in [0, 0.05) is 76.8 Å². The third kappa shape index (κ3) is 34.0. The molecule has 0 atom stereocenters. The first-order chi connectivity index (χ1) is 32.7. The molecule has 12 N–H and O–H groups in total.